The minimum absolute atomic E-state index is 0.421. The minimum atomic E-state index is 0.421. The second-order valence-electron chi connectivity index (χ2n) is 4.54. The smallest absolute Gasteiger partial charge is 0.0376 e. The maximum atomic E-state index is 6.19. The number of hydrogen-bond donors (Lipinski definition) is 0. The van der Waals surface area contributed by atoms with Gasteiger partial charge in [0, 0.05) is 5.38 Å². The molecule has 1 saturated carbocycles. The fraction of sp³-hybridized carbons (Fsp3) is 0.818. The van der Waals surface area contributed by atoms with Crippen LogP contribution in [0.3, 0.4) is 0 Å². The van der Waals surface area contributed by atoms with Gasteiger partial charge in [0.1, 0.15) is 0 Å². The van der Waals surface area contributed by atoms with E-state index in [9.17, 15) is 0 Å². The van der Waals surface area contributed by atoms with Gasteiger partial charge >= 0.3 is 0 Å². The molecule has 0 aromatic carbocycles. The Hall–Kier alpha value is 0.0300. The summed E-state index contributed by atoms with van der Waals surface area (Å²) >= 11 is 6.19. The van der Waals surface area contributed by atoms with Gasteiger partial charge in [-0.3, -0.25) is 0 Å². The molecule has 0 aromatic heterocycles. The van der Waals surface area contributed by atoms with Crippen molar-refractivity contribution in [2.75, 3.05) is 0 Å². The molecule has 0 saturated heterocycles. The maximum absolute atomic E-state index is 6.19. The van der Waals surface area contributed by atoms with Crippen LogP contribution in [0.5, 0.6) is 0 Å². The number of fused-ring (bicyclic) bond motifs is 2. The van der Waals surface area contributed by atoms with Crippen molar-refractivity contribution in [2.45, 2.75) is 38.5 Å². The highest BCUT2D eigenvalue weighted by atomic mass is 35.5. The number of halogens is 1. The van der Waals surface area contributed by atoms with Crippen LogP contribution in [0, 0.1) is 17.8 Å². The SMILES string of the molecule is CC1C=C2CC(Cl)CC(C2)[C@H]1C. The lowest BCUT2D eigenvalue weighted by Crippen LogP contribution is -2.30. The molecule has 0 heterocycles. The fourth-order valence-corrected chi connectivity index (χ4v) is 3.12. The molecule has 12 heavy (non-hydrogen) atoms. The highest BCUT2D eigenvalue weighted by Crippen LogP contribution is 2.43. The van der Waals surface area contributed by atoms with Crippen LogP contribution < -0.4 is 0 Å². The minimum Gasteiger partial charge on any atom is -0.123 e. The third-order valence-electron chi connectivity index (χ3n) is 3.64. The zero-order chi connectivity index (χ0) is 8.72. The number of allylic oxidation sites excluding steroid dienone is 2. The molecule has 2 rings (SSSR count). The molecule has 0 N–H and O–H groups in total. The van der Waals surface area contributed by atoms with Gasteiger partial charge in [0.15, 0.2) is 0 Å². The van der Waals surface area contributed by atoms with Gasteiger partial charge in [-0.15, -0.1) is 11.6 Å². The maximum Gasteiger partial charge on any atom is 0.0376 e. The Kier molecular flexibility index (Phi) is 2.20. The van der Waals surface area contributed by atoms with E-state index in [4.69, 9.17) is 11.6 Å². The summed E-state index contributed by atoms with van der Waals surface area (Å²) in [5.74, 6) is 2.49. The monoisotopic (exact) mass is 184 g/mol. The fourth-order valence-electron chi connectivity index (χ4n) is 2.69. The van der Waals surface area contributed by atoms with Crippen LogP contribution in [0.4, 0.5) is 0 Å². The normalized spacial score (nSPS) is 47.1. The highest BCUT2D eigenvalue weighted by molar-refractivity contribution is 6.20. The van der Waals surface area contributed by atoms with E-state index in [1.54, 1.807) is 5.57 Å². The van der Waals surface area contributed by atoms with Gasteiger partial charge in [-0.1, -0.05) is 25.5 Å². The first kappa shape index (κ1) is 8.62. The molecule has 0 radical (unpaired) electrons. The number of rotatable bonds is 0. The quantitative estimate of drug-likeness (QED) is 0.399. The lowest BCUT2D eigenvalue weighted by molar-refractivity contribution is 0.235. The first-order valence-electron chi connectivity index (χ1n) is 5.00. The molecule has 0 amide bonds. The molecule has 3 unspecified atom stereocenters. The lowest BCUT2D eigenvalue weighted by Gasteiger charge is -2.39. The van der Waals surface area contributed by atoms with Crippen molar-refractivity contribution in [1.29, 1.82) is 0 Å². The average molecular weight is 185 g/mol. The van der Waals surface area contributed by atoms with Crippen molar-refractivity contribution in [3.8, 4) is 0 Å². The Bertz CT molecular complexity index is 207. The van der Waals surface area contributed by atoms with E-state index in [2.05, 4.69) is 19.9 Å². The Morgan fingerprint density at radius 2 is 2.08 bits per heavy atom. The van der Waals surface area contributed by atoms with Crippen molar-refractivity contribution in [2.24, 2.45) is 17.8 Å². The number of hydrogen-bond acceptors (Lipinski definition) is 0. The summed E-state index contributed by atoms with van der Waals surface area (Å²) in [5.41, 5.74) is 1.62. The Morgan fingerprint density at radius 1 is 1.33 bits per heavy atom. The summed E-state index contributed by atoms with van der Waals surface area (Å²) in [6.45, 7) is 4.71. The summed E-state index contributed by atoms with van der Waals surface area (Å²) in [7, 11) is 0. The van der Waals surface area contributed by atoms with Gasteiger partial charge in [-0.2, -0.15) is 0 Å². The van der Waals surface area contributed by atoms with Crippen LogP contribution in [0.1, 0.15) is 33.1 Å². The summed E-state index contributed by atoms with van der Waals surface area (Å²) in [4.78, 5) is 0. The largest absolute Gasteiger partial charge is 0.123 e. The summed E-state index contributed by atoms with van der Waals surface area (Å²) < 4.78 is 0. The van der Waals surface area contributed by atoms with E-state index in [1.165, 1.54) is 12.8 Å². The third-order valence-corrected chi connectivity index (χ3v) is 3.97. The van der Waals surface area contributed by atoms with Crippen molar-refractivity contribution in [1.82, 2.24) is 0 Å². The molecule has 0 spiro atoms. The van der Waals surface area contributed by atoms with E-state index >= 15 is 0 Å². The zero-order valence-corrected chi connectivity index (χ0v) is 8.64. The van der Waals surface area contributed by atoms with E-state index in [-0.39, 0.29) is 0 Å². The molecule has 1 fully saturated rings. The van der Waals surface area contributed by atoms with Gasteiger partial charge in [0.2, 0.25) is 0 Å². The summed E-state index contributed by atoms with van der Waals surface area (Å²) in [5, 5.41) is 0.421. The molecule has 2 bridgehead atoms. The Labute approximate surface area is 80.0 Å². The molecular formula is C11H17Cl. The van der Waals surface area contributed by atoms with Gasteiger partial charge in [-0.25, -0.2) is 0 Å². The Morgan fingerprint density at radius 3 is 2.83 bits per heavy atom. The first-order valence-corrected chi connectivity index (χ1v) is 5.44. The molecular weight excluding hydrogens is 168 g/mol. The predicted molar refractivity (Wildman–Crippen MR) is 53.4 cm³/mol. The third kappa shape index (κ3) is 1.42. The van der Waals surface area contributed by atoms with Crippen LogP contribution in [0.2, 0.25) is 0 Å². The molecule has 1 heteroatoms. The van der Waals surface area contributed by atoms with E-state index < -0.39 is 0 Å². The van der Waals surface area contributed by atoms with Crippen LogP contribution in [0.25, 0.3) is 0 Å². The Balaban J connectivity index is 2.21. The zero-order valence-electron chi connectivity index (χ0n) is 7.89. The predicted octanol–water partition coefficient (Wildman–Crippen LogP) is 3.61. The van der Waals surface area contributed by atoms with Crippen molar-refractivity contribution >= 4 is 11.6 Å². The van der Waals surface area contributed by atoms with Crippen LogP contribution >= 0.6 is 11.6 Å². The molecule has 0 aliphatic heterocycles. The lowest BCUT2D eigenvalue weighted by atomic mass is 9.68. The molecule has 2 aliphatic rings. The molecule has 0 nitrogen and oxygen atoms in total. The average Bonchev–Trinajstić information content (AvgIpc) is 1.99. The van der Waals surface area contributed by atoms with Gasteiger partial charge in [0.25, 0.3) is 0 Å². The van der Waals surface area contributed by atoms with Crippen molar-refractivity contribution in [3.05, 3.63) is 11.6 Å². The van der Waals surface area contributed by atoms with Crippen LogP contribution in [-0.4, -0.2) is 5.38 Å². The molecule has 68 valence electrons. The van der Waals surface area contributed by atoms with Gasteiger partial charge in [-0.05, 0) is 37.0 Å². The standard InChI is InChI=1S/C11H17Cl/c1-7-3-9-4-10(8(7)2)6-11(12)5-9/h3,7-8,10-11H,4-6H2,1-2H3/t7?,8-,10?,11?/m0/s1. The van der Waals surface area contributed by atoms with Gasteiger partial charge < -0.3 is 0 Å². The van der Waals surface area contributed by atoms with Gasteiger partial charge in [0.05, 0.1) is 0 Å². The first-order chi connectivity index (χ1) is 5.66. The molecule has 4 atom stereocenters. The molecule has 0 aromatic rings. The van der Waals surface area contributed by atoms with Crippen molar-refractivity contribution < 1.29 is 0 Å². The second-order valence-corrected chi connectivity index (χ2v) is 5.16. The summed E-state index contributed by atoms with van der Waals surface area (Å²) in [6, 6.07) is 0. The summed E-state index contributed by atoms with van der Waals surface area (Å²) in [6.07, 6.45) is 6.17. The molecule has 2 aliphatic carbocycles. The van der Waals surface area contributed by atoms with Crippen LogP contribution in [-0.2, 0) is 0 Å². The highest BCUT2D eigenvalue weighted by Gasteiger charge is 2.33. The van der Waals surface area contributed by atoms with E-state index in [0.717, 1.165) is 24.2 Å². The topological polar surface area (TPSA) is 0 Å². The van der Waals surface area contributed by atoms with E-state index in [0.29, 0.717) is 5.38 Å². The van der Waals surface area contributed by atoms with Crippen LogP contribution in [0.15, 0.2) is 11.6 Å². The van der Waals surface area contributed by atoms with E-state index in [1.807, 2.05) is 0 Å². The van der Waals surface area contributed by atoms with Crippen molar-refractivity contribution in [3.63, 3.8) is 0 Å². The number of alkyl halides is 1. The second kappa shape index (κ2) is 3.06.